The first-order valence-electron chi connectivity index (χ1n) is 18.1. The van der Waals surface area contributed by atoms with E-state index in [1.165, 1.54) is 11.1 Å². The third-order valence-electron chi connectivity index (χ3n) is 8.37. The Hall–Kier alpha value is -3.21. The quantitative estimate of drug-likeness (QED) is 0.0642. The average molecular weight is 721 g/mol. The molecule has 270 valence electrons. The van der Waals surface area contributed by atoms with Crippen molar-refractivity contribution in [2.75, 3.05) is 39.6 Å². The molecule has 0 radical (unpaired) electrons. The van der Waals surface area contributed by atoms with Crippen LogP contribution in [0.5, 0.6) is 0 Å². The molecule has 3 aromatic carbocycles. The maximum Gasteiger partial charge on any atom is 0.500 e. The summed E-state index contributed by atoms with van der Waals surface area (Å²) >= 11 is 0. The number of hydrogen-bond donors (Lipinski definition) is 0. The van der Waals surface area contributed by atoms with Gasteiger partial charge in [0.15, 0.2) is 11.2 Å². The Morgan fingerprint density at radius 1 is 0.480 bits per heavy atom. The van der Waals surface area contributed by atoms with Crippen LogP contribution in [0.2, 0.25) is 12.1 Å². The van der Waals surface area contributed by atoms with Crippen molar-refractivity contribution >= 4 is 39.8 Å². The molecular formula is C38H52N2O8Si2. The van der Waals surface area contributed by atoms with Gasteiger partial charge < -0.3 is 35.4 Å². The average Bonchev–Trinajstić information content (AvgIpc) is 3.73. The fourth-order valence-corrected chi connectivity index (χ4v) is 11.5. The van der Waals surface area contributed by atoms with Gasteiger partial charge in [-0.3, -0.25) is 0 Å². The highest BCUT2D eigenvalue weighted by molar-refractivity contribution is 6.61. The summed E-state index contributed by atoms with van der Waals surface area (Å²) in [6.07, 6.45) is 3.54. The van der Waals surface area contributed by atoms with E-state index in [-0.39, 0.29) is 0 Å². The van der Waals surface area contributed by atoms with Gasteiger partial charge in [0.1, 0.15) is 11.0 Å². The fraction of sp³-hybridized carbons (Fsp3) is 0.474. The SMILES string of the molecule is CCO[Si](CCCc1ccc2oc(-c3ccc(-c4nc5ccc(CCC[Si](OCC)(OCC)OCC)cc5o4)cc3)nc2c1)(OCC)OCC. The van der Waals surface area contributed by atoms with Crippen LogP contribution in [0.25, 0.3) is 45.1 Å². The minimum atomic E-state index is -2.66. The van der Waals surface area contributed by atoms with E-state index in [0.29, 0.717) is 51.4 Å². The summed E-state index contributed by atoms with van der Waals surface area (Å²) in [5.74, 6) is 1.15. The fourth-order valence-electron chi connectivity index (χ4n) is 6.28. The monoisotopic (exact) mass is 720 g/mol. The van der Waals surface area contributed by atoms with Gasteiger partial charge in [-0.25, -0.2) is 9.97 Å². The van der Waals surface area contributed by atoms with E-state index in [1.54, 1.807) is 0 Å². The van der Waals surface area contributed by atoms with Crippen LogP contribution in [0.4, 0.5) is 0 Å². The number of hydrogen-bond acceptors (Lipinski definition) is 10. The van der Waals surface area contributed by atoms with Crippen molar-refractivity contribution in [2.45, 2.75) is 79.3 Å². The molecule has 0 aliphatic carbocycles. The van der Waals surface area contributed by atoms with Crippen LogP contribution in [0.3, 0.4) is 0 Å². The summed E-state index contributed by atoms with van der Waals surface area (Å²) in [7, 11) is -5.32. The summed E-state index contributed by atoms with van der Waals surface area (Å²) in [4.78, 5) is 9.57. The molecule has 0 saturated heterocycles. The van der Waals surface area contributed by atoms with E-state index in [0.717, 1.165) is 71.1 Å². The molecule has 2 heterocycles. The summed E-state index contributed by atoms with van der Waals surface area (Å²) in [5, 5.41) is 0. The molecular weight excluding hydrogens is 669 g/mol. The lowest BCUT2D eigenvalue weighted by atomic mass is 10.1. The highest BCUT2D eigenvalue weighted by Gasteiger charge is 2.40. The van der Waals surface area contributed by atoms with Crippen LogP contribution in [-0.2, 0) is 39.4 Å². The Bertz CT molecular complexity index is 1610. The van der Waals surface area contributed by atoms with Gasteiger partial charge >= 0.3 is 17.6 Å². The Morgan fingerprint density at radius 3 is 1.38 bits per heavy atom. The third-order valence-corrected chi connectivity index (χ3v) is 14.7. The number of nitrogens with zero attached hydrogens (tertiary/aromatic N) is 2. The van der Waals surface area contributed by atoms with Crippen molar-refractivity contribution in [2.24, 2.45) is 0 Å². The van der Waals surface area contributed by atoms with Crippen LogP contribution in [0.1, 0.15) is 65.5 Å². The van der Waals surface area contributed by atoms with Gasteiger partial charge in [-0.1, -0.05) is 12.1 Å². The van der Waals surface area contributed by atoms with Gasteiger partial charge in [-0.2, -0.15) is 0 Å². The third kappa shape index (κ3) is 9.56. The molecule has 12 heteroatoms. The van der Waals surface area contributed by atoms with Gasteiger partial charge in [0.2, 0.25) is 11.8 Å². The molecule has 0 aliphatic heterocycles. The topological polar surface area (TPSA) is 107 Å². The lowest BCUT2D eigenvalue weighted by Crippen LogP contribution is -2.46. The van der Waals surface area contributed by atoms with E-state index in [4.69, 9.17) is 45.4 Å². The zero-order valence-corrected chi connectivity index (χ0v) is 32.4. The molecule has 5 aromatic rings. The summed E-state index contributed by atoms with van der Waals surface area (Å²) in [6.45, 7) is 15.4. The molecule has 0 N–H and O–H groups in total. The maximum atomic E-state index is 6.22. The Balaban J connectivity index is 1.22. The predicted molar refractivity (Wildman–Crippen MR) is 200 cm³/mol. The van der Waals surface area contributed by atoms with Crippen molar-refractivity contribution < 1.29 is 35.4 Å². The molecule has 0 atom stereocenters. The smallest absolute Gasteiger partial charge is 0.436 e. The number of fused-ring (bicyclic) bond motifs is 2. The number of aryl methyl sites for hydroxylation is 2. The standard InChI is InChI=1S/C38H52N2O8Si2/c1-7-41-49(42-8-2,43-9-3)25-13-15-29-18-24-35-34(27-29)40-38(47-35)32-21-19-31(20-22-32)37-39-33-23-17-30(28-36(33)48-37)16-14-26-50(44-10-4,45-11-5)46-12-6/h17-24,27-28H,7-16,25-26H2,1-6H3. The normalized spacial score (nSPS) is 12.4. The number of oxazole rings is 2. The van der Waals surface area contributed by atoms with Gasteiger partial charge in [0.25, 0.3) is 0 Å². The molecule has 0 amide bonds. The minimum Gasteiger partial charge on any atom is -0.436 e. The Kier molecular flexibility index (Phi) is 13.9. The van der Waals surface area contributed by atoms with Crippen LogP contribution < -0.4 is 0 Å². The van der Waals surface area contributed by atoms with Crippen LogP contribution in [0, 0.1) is 0 Å². The largest absolute Gasteiger partial charge is 0.500 e. The first-order valence-corrected chi connectivity index (χ1v) is 22.0. The Labute approximate surface area is 298 Å². The first-order chi connectivity index (χ1) is 24.4. The number of rotatable bonds is 22. The zero-order valence-electron chi connectivity index (χ0n) is 30.4. The van der Waals surface area contributed by atoms with Crippen molar-refractivity contribution in [1.29, 1.82) is 0 Å². The second-order valence-electron chi connectivity index (χ2n) is 11.9. The van der Waals surface area contributed by atoms with Crippen LogP contribution >= 0.6 is 0 Å². The van der Waals surface area contributed by atoms with Crippen molar-refractivity contribution in [3.63, 3.8) is 0 Å². The highest BCUT2D eigenvalue weighted by Crippen LogP contribution is 2.30. The highest BCUT2D eigenvalue weighted by atomic mass is 28.4. The minimum absolute atomic E-state index is 0.575. The van der Waals surface area contributed by atoms with Gasteiger partial charge in [0, 0.05) is 62.9 Å². The van der Waals surface area contributed by atoms with Gasteiger partial charge in [0.05, 0.1) is 0 Å². The molecule has 10 nitrogen and oxygen atoms in total. The van der Waals surface area contributed by atoms with Crippen LogP contribution in [-0.4, -0.2) is 67.2 Å². The second-order valence-corrected chi connectivity index (χ2v) is 17.4. The van der Waals surface area contributed by atoms with Gasteiger partial charge in [-0.15, -0.1) is 0 Å². The van der Waals surface area contributed by atoms with E-state index in [2.05, 4.69) is 24.3 Å². The molecule has 5 rings (SSSR count). The lowest BCUT2D eigenvalue weighted by Gasteiger charge is -2.28. The molecule has 0 fully saturated rings. The van der Waals surface area contributed by atoms with E-state index in [1.807, 2.05) is 77.9 Å². The van der Waals surface area contributed by atoms with E-state index < -0.39 is 17.6 Å². The molecule has 0 spiro atoms. The first kappa shape index (κ1) is 38.0. The molecule has 50 heavy (non-hydrogen) atoms. The number of benzene rings is 3. The molecule has 0 unspecified atom stereocenters. The summed E-state index contributed by atoms with van der Waals surface area (Å²) in [5.41, 5.74) is 7.32. The second kappa shape index (κ2) is 18.3. The number of aromatic nitrogens is 2. The maximum absolute atomic E-state index is 6.22. The van der Waals surface area contributed by atoms with E-state index in [9.17, 15) is 0 Å². The van der Waals surface area contributed by atoms with Crippen molar-refractivity contribution in [1.82, 2.24) is 9.97 Å². The molecule has 2 aromatic heterocycles. The lowest BCUT2D eigenvalue weighted by molar-refractivity contribution is 0.0700. The van der Waals surface area contributed by atoms with E-state index >= 15 is 0 Å². The molecule has 0 saturated carbocycles. The zero-order chi connectivity index (χ0) is 35.4. The van der Waals surface area contributed by atoms with Crippen LogP contribution in [0.15, 0.2) is 69.5 Å². The molecule has 0 bridgehead atoms. The summed E-state index contributed by atoms with van der Waals surface area (Å²) in [6, 6.07) is 21.9. The van der Waals surface area contributed by atoms with Crippen molar-refractivity contribution in [3.8, 4) is 22.9 Å². The van der Waals surface area contributed by atoms with Crippen molar-refractivity contribution in [3.05, 3.63) is 71.8 Å². The van der Waals surface area contributed by atoms with Gasteiger partial charge in [-0.05, 0) is 127 Å². The predicted octanol–water partition coefficient (Wildman–Crippen LogP) is 9.27. The Morgan fingerprint density at radius 2 is 0.900 bits per heavy atom. The summed E-state index contributed by atoms with van der Waals surface area (Å²) < 4.78 is 48.5. The molecule has 0 aliphatic rings.